The van der Waals surface area contributed by atoms with E-state index < -0.39 is 23.1 Å². The zero-order valence-electron chi connectivity index (χ0n) is 7.51. The number of thiocyanates is 1. The Balaban J connectivity index is 3.43. The van der Waals surface area contributed by atoms with Gasteiger partial charge in [0.05, 0.1) is 11.1 Å². The molecule has 1 aromatic carbocycles. The molecule has 0 unspecified atom stereocenters. The molecule has 84 valence electrons. The van der Waals surface area contributed by atoms with Crippen molar-refractivity contribution in [2.45, 2.75) is 11.1 Å². The van der Waals surface area contributed by atoms with E-state index in [4.69, 9.17) is 5.26 Å². The molecule has 0 aromatic heterocycles. The van der Waals surface area contributed by atoms with E-state index in [1.807, 2.05) is 0 Å². The van der Waals surface area contributed by atoms with Gasteiger partial charge in [-0.3, -0.25) is 4.79 Å². The molecule has 0 bridgehead atoms. The Morgan fingerprint density at radius 1 is 1.38 bits per heavy atom. The van der Waals surface area contributed by atoms with Gasteiger partial charge in [-0.1, -0.05) is 0 Å². The highest BCUT2D eigenvalue weighted by molar-refractivity contribution is 8.03. The minimum absolute atomic E-state index is 0.0218. The van der Waals surface area contributed by atoms with Crippen molar-refractivity contribution in [2.24, 2.45) is 0 Å². The van der Waals surface area contributed by atoms with Crippen molar-refractivity contribution in [3.8, 4) is 5.40 Å². The van der Waals surface area contributed by atoms with Crippen molar-refractivity contribution in [3.63, 3.8) is 0 Å². The molecular formula is C9H3F4NOS. The maximum Gasteiger partial charge on any atom is 0.419 e. The molecule has 1 aromatic rings. The van der Waals surface area contributed by atoms with Crippen LogP contribution in [0.1, 0.15) is 15.9 Å². The molecule has 0 saturated carbocycles. The zero-order chi connectivity index (χ0) is 12.3. The molecule has 0 saturated heterocycles. The van der Waals surface area contributed by atoms with E-state index >= 15 is 0 Å². The summed E-state index contributed by atoms with van der Waals surface area (Å²) in [5, 5.41) is 9.84. The average molecular weight is 249 g/mol. The lowest BCUT2D eigenvalue weighted by Crippen LogP contribution is -2.10. The molecule has 0 fully saturated rings. The number of benzene rings is 1. The van der Waals surface area contributed by atoms with E-state index in [0.29, 0.717) is 17.8 Å². The van der Waals surface area contributed by atoms with Crippen LogP contribution in [0, 0.1) is 16.5 Å². The summed E-state index contributed by atoms with van der Waals surface area (Å²) in [5.74, 6) is -1.62. The summed E-state index contributed by atoms with van der Waals surface area (Å²) >= 11 is 0.424. The number of carbonyl (C=O) groups is 1. The lowest BCUT2D eigenvalue weighted by atomic mass is 10.1. The second-order valence-electron chi connectivity index (χ2n) is 2.68. The summed E-state index contributed by atoms with van der Waals surface area (Å²) in [4.78, 5) is 10.2. The Morgan fingerprint density at radius 3 is 2.44 bits per heavy atom. The maximum absolute atomic E-state index is 13.1. The van der Waals surface area contributed by atoms with E-state index in [9.17, 15) is 22.4 Å². The largest absolute Gasteiger partial charge is 0.419 e. The fraction of sp³-hybridized carbons (Fsp3) is 0.111. The van der Waals surface area contributed by atoms with Gasteiger partial charge in [0.1, 0.15) is 11.2 Å². The molecule has 16 heavy (non-hydrogen) atoms. The molecule has 0 N–H and O–H groups in total. The zero-order valence-corrected chi connectivity index (χ0v) is 8.32. The molecule has 0 atom stereocenters. The Kier molecular flexibility index (Phi) is 3.55. The first-order chi connectivity index (χ1) is 7.40. The number of carbonyl (C=O) groups excluding carboxylic acids is 1. The molecular weight excluding hydrogens is 246 g/mol. The van der Waals surface area contributed by atoms with Gasteiger partial charge in [0.15, 0.2) is 6.29 Å². The third kappa shape index (κ3) is 2.52. The lowest BCUT2D eigenvalue weighted by molar-refractivity contribution is -0.140. The fourth-order valence-corrected chi connectivity index (χ4v) is 1.49. The summed E-state index contributed by atoms with van der Waals surface area (Å²) in [7, 11) is 0. The quantitative estimate of drug-likeness (QED) is 0.349. The molecule has 0 amide bonds. The Bertz CT molecular complexity index is 464. The number of rotatable bonds is 2. The first-order valence-electron chi connectivity index (χ1n) is 3.82. The number of thioether (sulfide) groups is 1. The van der Waals surface area contributed by atoms with Crippen LogP contribution < -0.4 is 0 Å². The number of hydrogen-bond acceptors (Lipinski definition) is 3. The predicted octanol–water partition coefficient (Wildman–Crippen LogP) is 3.23. The first-order valence-corrected chi connectivity index (χ1v) is 4.63. The monoisotopic (exact) mass is 249 g/mol. The number of nitrogens with zero attached hydrogens (tertiary/aromatic N) is 1. The third-order valence-electron chi connectivity index (χ3n) is 1.67. The van der Waals surface area contributed by atoms with Crippen molar-refractivity contribution in [3.05, 3.63) is 29.1 Å². The van der Waals surface area contributed by atoms with Crippen LogP contribution in [-0.2, 0) is 6.18 Å². The van der Waals surface area contributed by atoms with Crippen LogP contribution in [0.15, 0.2) is 17.0 Å². The predicted molar refractivity (Wildman–Crippen MR) is 48.3 cm³/mol. The van der Waals surface area contributed by atoms with Crippen LogP contribution in [0.2, 0.25) is 0 Å². The van der Waals surface area contributed by atoms with Crippen LogP contribution in [-0.4, -0.2) is 6.29 Å². The van der Waals surface area contributed by atoms with Crippen LogP contribution in [0.5, 0.6) is 0 Å². The van der Waals surface area contributed by atoms with Crippen molar-refractivity contribution in [1.82, 2.24) is 0 Å². The van der Waals surface area contributed by atoms with Crippen molar-refractivity contribution >= 4 is 18.0 Å². The summed E-state index contributed by atoms with van der Waals surface area (Å²) < 4.78 is 50.2. The summed E-state index contributed by atoms with van der Waals surface area (Å²) in [6.07, 6.45) is -4.92. The summed E-state index contributed by atoms with van der Waals surface area (Å²) in [5.41, 5.74) is -2.26. The van der Waals surface area contributed by atoms with E-state index in [0.717, 1.165) is 6.07 Å². The topological polar surface area (TPSA) is 40.9 Å². The highest BCUT2D eigenvalue weighted by Gasteiger charge is 2.35. The molecule has 7 heteroatoms. The molecule has 0 radical (unpaired) electrons. The minimum atomic E-state index is -4.89. The van der Waals surface area contributed by atoms with Crippen LogP contribution in [0.3, 0.4) is 0 Å². The van der Waals surface area contributed by atoms with Crippen LogP contribution in [0.25, 0.3) is 0 Å². The van der Waals surface area contributed by atoms with Gasteiger partial charge in [0.25, 0.3) is 0 Å². The Morgan fingerprint density at radius 2 is 2.00 bits per heavy atom. The maximum atomic E-state index is 13.1. The molecule has 0 aliphatic carbocycles. The van der Waals surface area contributed by atoms with Crippen molar-refractivity contribution in [2.75, 3.05) is 0 Å². The van der Waals surface area contributed by atoms with E-state index in [2.05, 4.69) is 0 Å². The molecule has 0 aliphatic heterocycles. The van der Waals surface area contributed by atoms with Gasteiger partial charge >= 0.3 is 6.18 Å². The van der Waals surface area contributed by atoms with Gasteiger partial charge in [0, 0.05) is 4.90 Å². The SMILES string of the molecule is N#CSc1cc(C=O)c(F)c(C(F)(F)F)c1. The molecule has 0 spiro atoms. The number of halogens is 4. The summed E-state index contributed by atoms with van der Waals surface area (Å²) in [6.45, 7) is 0. The van der Waals surface area contributed by atoms with Gasteiger partial charge in [0.2, 0.25) is 0 Å². The van der Waals surface area contributed by atoms with Gasteiger partial charge in [-0.25, -0.2) is 4.39 Å². The molecule has 1 rings (SSSR count). The highest BCUT2D eigenvalue weighted by Crippen LogP contribution is 2.35. The average Bonchev–Trinajstić information content (AvgIpc) is 2.19. The standard InChI is InChI=1S/C9H3F4NOS/c10-8-5(3-15)1-6(16-4-14)2-7(8)9(11,12)13/h1-3H. The van der Waals surface area contributed by atoms with E-state index in [1.165, 1.54) is 0 Å². The Labute approximate surface area is 91.9 Å². The summed E-state index contributed by atoms with van der Waals surface area (Å²) in [6, 6.07) is 1.39. The van der Waals surface area contributed by atoms with Gasteiger partial charge < -0.3 is 0 Å². The van der Waals surface area contributed by atoms with Crippen molar-refractivity contribution < 1.29 is 22.4 Å². The van der Waals surface area contributed by atoms with Gasteiger partial charge in [-0.2, -0.15) is 18.4 Å². The second-order valence-corrected chi connectivity index (χ2v) is 3.54. The Hall–Kier alpha value is -1.55. The van der Waals surface area contributed by atoms with Crippen LogP contribution in [0.4, 0.5) is 17.6 Å². The first kappa shape index (κ1) is 12.5. The number of nitriles is 1. The molecule has 0 aliphatic rings. The smallest absolute Gasteiger partial charge is 0.298 e. The van der Waals surface area contributed by atoms with E-state index in [-0.39, 0.29) is 11.2 Å². The normalized spacial score (nSPS) is 10.9. The fourth-order valence-electron chi connectivity index (χ4n) is 1.02. The second kappa shape index (κ2) is 4.53. The van der Waals surface area contributed by atoms with E-state index in [1.54, 1.807) is 5.40 Å². The number of hydrogen-bond donors (Lipinski definition) is 0. The number of alkyl halides is 3. The molecule has 2 nitrogen and oxygen atoms in total. The minimum Gasteiger partial charge on any atom is -0.298 e. The van der Waals surface area contributed by atoms with Crippen LogP contribution >= 0.6 is 11.8 Å². The third-order valence-corrected chi connectivity index (χ3v) is 2.23. The van der Waals surface area contributed by atoms with Gasteiger partial charge in [-0.05, 0) is 23.9 Å². The number of aldehydes is 1. The lowest BCUT2D eigenvalue weighted by Gasteiger charge is -2.10. The molecule has 0 heterocycles. The van der Waals surface area contributed by atoms with Crippen molar-refractivity contribution in [1.29, 1.82) is 5.26 Å². The highest BCUT2D eigenvalue weighted by atomic mass is 32.2. The van der Waals surface area contributed by atoms with Gasteiger partial charge in [-0.15, -0.1) is 0 Å².